The quantitative estimate of drug-likeness (QED) is 0.857. The van der Waals surface area contributed by atoms with Gasteiger partial charge in [0.05, 0.1) is 11.0 Å². The molecule has 17 heavy (non-hydrogen) atoms. The standard InChI is InChI=1S/C12H17NO2S2/c1-2-15-9-4-3-5-13(7-9)12(14)11-6-10(16)8-17-11/h6,8-9,16H,2-5,7H2,1H3. The Labute approximate surface area is 111 Å². The van der Waals surface area contributed by atoms with Crippen LogP contribution in [0.4, 0.5) is 0 Å². The molecule has 1 atom stereocenters. The molecule has 5 heteroatoms. The Kier molecular flexibility index (Phi) is 4.48. The second kappa shape index (κ2) is 5.89. The van der Waals surface area contributed by atoms with E-state index in [0.29, 0.717) is 13.2 Å². The third kappa shape index (κ3) is 3.24. The number of hydrogen-bond acceptors (Lipinski definition) is 4. The van der Waals surface area contributed by atoms with E-state index in [-0.39, 0.29) is 12.0 Å². The van der Waals surface area contributed by atoms with Gasteiger partial charge in [0.2, 0.25) is 0 Å². The van der Waals surface area contributed by atoms with E-state index in [1.54, 1.807) is 0 Å². The highest BCUT2D eigenvalue weighted by molar-refractivity contribution is 7.80. The minimum Gasteiger partial charge on any atom is -0.377 e. The zero-order valence-electron chi connectivity index (χ0n) is 9.89. The maximum Gasteiger partial charge on any atom is 0.264 e. The number of thiophene rings is 1. The van der Waals surface area contributed by atoms with Gasteiger partial charge in [-0.15, -0.1) is 24.0 Å². The van der Waals surface area contributed by atoms with Crippen molar-refractivity contribution in [3.63, 3.8) is 0 Å². The molecular weight excluding hydrogens is 254 g/mol. The van der Waals surface area contributed by atoms with Crippen molar-refractivity contribution in [3.8, 4) is 0 Å². The van der Waals surface area contributed by atoms with E-state index in [1.807, 2.05) is 23.3 Å². The SMILES string of the molecule is CCOC1CCCN(C(=O)c2cc(S)cs2)C1. The topological polar surface area (TPSA) is 29.5 Å². The predicted molar refractivity (Wildman–Crippen MR) is 72.1 cm³/mol. The van der Waals surface area contributed by atoms with Crippen LogP contribution in [0.5, 0.6) is 0 Å². The molecule has 1 aliphatic heterocycles. The Morgan fingerprint density at radius 3 is 3.18 bits per heavy atom. The highest BCUT2D eigenvalue weighted by Crippen LogP contribution is 2.22. The summed E-state index contributed by atoms with van der Waals surface area (Å²) in [6, 6.07) is 1.83. The molecule has 94 valence electrons. The first-order valence-electron chi connectivity index (χ1n) is 5.89. The molecule has 1 unspecified atom stereocenters. The Hall–Kier alpha value is -0.520. The van der Waals surface area contributed by atoms with E-state index in [2.05, 4.69) is 12.6 Å². The van der Waals surface area contributed by atoms with Crippen LogP contribution in [-0.2, 0) is 4.74 Å². The van der Waals surface area contributed by atoms with Gasteiger partial charge in [-0.05, 0) is 25.8 Å². The average molecular weight is 271 g/mol. The molecular formula is C12H17NO2S2. The van der Waals surface area contributed by atoms with E-state index in [1.165, 1.54) is 11.3 Å². The largest absolute Gasteiger partial charge is 0.377 e. The zero-order valence-corrected chi connectivity index (χ0v) is 11.6. The Morgan fingerprint density at radius 1 is 1.71 bits per heavy atom. The van der Waals surface area contributed by atoms with Crippen molar-refractivity contribution in [3.05, 3.63) is 16.3 Å². The average Bonchev–Trinajstić information content (AvgIpc) is 2.76. The summed E-state index contributed by atoms with van der Waals surface area (Å²) in [7, 11) is 0. The maximum atomic E-state index is 12.2. The number of likely N-dealkylation sites (tertiary alicyclic amines) is 1. The van der Waals surface area contributed by atoms with Crippen molar-refractivity contribution in [2.75, 3.05) is 19.7 Å². The molecule has 1 fully saturated rings. The molecule has 1 amide bonds. The minimum atomic E-state index is 0.111. The fourth-order valence-corrected chi connectivity index (χ4v) is 3.20. The predicted octanol–water partition coefficient (Wildman–Crippen LogP) is 2.68. The summed E-state index contributed by atoms with van der Waals surface area (Å²) in [5.41, 5.74) is 0. The smallest absolute Gasteiger partial charge is 0.264 e. The number of piperidine rings is 1. The molecule has 0 bridgehead atoms. The summed E-state index contributed by atoms with van der Waals surface area (Å²) in [5.74, 6) is 0.111. The summed E-state index contributed by atoms with van der Waals surface area (Å²) < 4.78 is 5.60. The first kappa shape index (κ1) is 12.9. The number of carbonyl (C=O) groups excluding carboxylic acids is 1. The summed E-state index contributed by atoms with van der Waals surface area (Å²) in [4.78, 5) is 15.7. The lowest BCUT2D eigenvalue weighted by Gasteiger charge is -2.32. The van der Waals surface area contributed by atoms with Crippen LogP contribution in [0, 0.1) is 0 Å². The summed E-state index contributed by atoms with van der Waals surface area (Å²) in [6.07, 6.45) is 2.28. The number of amides is 1. The monoisotopic (exact) mass is 271 g/mol. The van der Waals surface area contributed by atoms with Gasteiger partial charge < -0.3 is 9.64 Å². The van der Waals surface area contributed by atoms with Gasteiger partial charge in [-0.1, -0.05) is 0 Å². The zero-order chi connectivity index (χ0) is 12.3. The van der Waals surface area contributed by atoms with Crippen LogP contribution >= 0.6 is 24.0 Å². The molecule has 0 saturated carbocycles. The third-order valence-electron chi connectivity index (χ3n) is 2.86. The van der Waals surface area contributed by atoms with E-state index in [0.717, 1.165) is 29.2 Å². The van der Waals surface area contributed by atoms with Gasteiger partial charge in [0.15, 0.2) is 0 Å². The van der Waals surface area contributed by atoms with Gasteiger partial charge in [-0.3, -0.25) is 4.79 Å². The van der Waals surface area contributed by atoms with E-state index >= 15 is 0 Å². The van der Waals surface area contributed by atoms with Crippen LogP contribution in [0.1, 0.15) is 29.4 Å². The lowest BCUT2D eigenvalue weighted by atomic mass is 10.1. The highest BCUT2D eigenvalue weighted by Gasteiger charge is 2.25. The fraction of sp³-hybridized carbons (Fsp3) is 0.583. The molecule has 1 saturated heterocycles. The maximum absolute atomic E-state index is 12.2. The number of ether oxygens (including phenoxy) is 1. The van der Waals surface area contributed by atoms with E-state index in [9.17, 15) is 4.79 Å². The van der Waals surface area contributed by atoms with Gasteiger partial charge in [-0.25, -0.2) is 0 Å². The van der Waals surface area contributed by atoms with Crippen molar-refractivity contribution < 1.29 is 9.53 Å². The molecule has 0 aromatic carbocycles. The molecule has 0 spiro atoms. The number of nitrogens with zero attached hydrogens (tertiary/aromatic N) is 1. The van der Waals surface area contributed by atoms with Crippen molar-refractivity contribution in [1.29, 1.82) is 0 Å². The van der Waals surface area contributed by atoms with Crippen LogP contribution in [0.25, 0.3) is 0 Å². The van der Waals surface area contributed by atoms with Gasteiger partial charge in [0, 0.05) is 30.0 Å². The van der Waals surface area contributed by atoms with Crippen molar-refractivity contribution >= 4 is 29.9 Å². The number of thiol groups is 1. The van der Waals surface area contributed by atoms with Gasteiger partial charge in [0.1, 0.15) is 0 Å². The minimum absolute atomic E-state index is 0.111. The summed E-state index contributed by atoms with van der Waals surface area (Å²) in [5, 5.41) is 1.89. The van der Waals surface area contributed by atoms with Crippen molar-refractivity contribution in [2.24, 2.45) is 0 Å². The second-order valence-corrected chi connectivity index (χ2v) is 5.57. The normalized spacial score (nSPS) is 20.6. The molecule has 1 aromatic rings. The fourth-order valence-electron chi connectivity index (χ4n) is 2.09. The molecule has 1 aromatic heterocycles. The van der Waals surface area contributed by atoms with E-state index in [4.69, 9.17) is 4.74 Å². The lowest BCUT2D eigenvalue weighted by molar-refractivity contribution is 0.00741. The Bertz CT molecular complexity index is 390. The van der Waals surface area contributed by atoms with Gasteiger partial charge >= 0.3 is 0 Å². The molecule has 3 nitrogen and oxygen atoms in total. The van der Waals surface area contributed by atoms with Crippen LogP contribution in [-0.4, -0.2) is 36.6 Å². The molecule has 0 radical (unpaired) electrons. The van der Waals surface area contributed by atoms with Gasteiger partial charge in [0.25, 0.3) is 5.91 Å². The first-order valence-corrected chi connectivity index (χ1v) is 7.21. The molecule has 2 heterocycles. The summed E-state index contributed by atoms with van der Waals surface area (Å²) in [6.45, 7) is 4.26. The second-order valence-electron chi connectivity index (χ2n) is 4.14. The van der Waals surface area contributed by atoms with Crippen LogP contribution in [0.15, 0.2) is 16.3 Å². The molecule has 2 rings (SSSR count). The number of rotatable bonds is 3. The van der Waals surface area contributed by atoms with Crippen LogP contribution in [0.2, 0.25) is 0 Å². The van der Waals surface area contributed by atoms with E-state index < -0.39 is 0 Å². The van der Waals surface area contributed by atoms with Gasteiger partial charge in [-0.2, -0.15) is 0 Å². The van der Waals surface area contributed by atoms with Crippen LogP contribution < -0.4 is 0 Å². The Balaban J connectivity index is 1.99. The lowest BCUT2D eigenvalue weighted by Crippen LogP contribution is -2.43. The number of carbonyl (C=O) groups is 1. The van der Waals surface area contributed by atoms with Crippen LogP contribution in [0.3, 0.4) is 0 Å². The molecule has 0 aliphatic carbocycles. The first-order chi connectivity index (χ1) is 8.20. The Morgan fingerprint density at radius 2 is 2.53 bits per heavy atom. The number of hydrogen-bond donors (Lipinski definition) is 1. The highest BCUT2D eigenvalue weighted by atomic mass is 32.1. The summed E-state index contributed by atoms with van der Waals surface area (Å²) >= 11 is 5.69. The third-order valence-corrected chi connectivity index (χ3v) is 4.22. The van der Waals surface area contributed by atoms with Crippen molar-refractivity contribution in [1.82, 2.24) is 4.90 Å². The molecule has 1 aliphatic rings. The van der Waals surface area contributed by atoms with Crippen molar-refractivity contribution in [2.45, 2.75) is 30.8 Å². The molecule has 0 N–H and O–H groups in total.